The van der Waals surface area contributed by atoms with E-state index in [1.54, 1.807) is 4.68 Å². The van der Waals surface area contributed by atoms with Crippen LogP contribution >= 0.6 is 11.6 Å². The number of ether oxygens (including phenoxy) is 2. The fourth-order valence-corrected chi connectivity index (χ4v) is 4.48. The minimum atomic E-state index is -1.17. The van der Waals surface area contributed by atoms with Crippen molar-refractivity contribution in [2.45, 2.75) is 32.4 Å². The third kappa shape index (κ3) is 4.69. The van der Waals surface area contributed by atoms with E-state index < -0.39 is 8.07 Å². The molecular weight excluding hydrogens is 420 g/mol. The van der Waals surface area contributed by atoms with E-state index in [0.717, 1.165) is 54.0 Å². The molecule has 1 fully saturated rings. The monoisotopic (exact) mass is 448 g/mol. The topological polar surface area (TPSA) is 70.2 Å². The number of aryl methyl sites for hydroxylation is 1. The van der Waals surface area contributed by atoms with Gasteiger partial charge in [-0.25, -0.2) is 4.98 Å². The van der Waals surface area contributed by atoms with Crippen LogP contribution in [-0.4, -0.2) is 65.3 Å². The number of hydrogen-bond acceptors (Lipinski definition) is 6. The van der Waals surface area contributed by atoms with Gasteiger partial charge < -0.3 is 18.9 Å². The first-order valence-electron chi connectivity index (χ1n) is 10.3. The SMILES string of the molecule is Cn1ccc(-c2cc3nc(Cl)nc(N4CCOCC4)c3n2COCC[Si](C)(C)C)n1. The zero-order valence-corrected chi connectivity index (χ0v) is 19.8. The van der Waals surface area contributed by atoms with E-state index in [1.165, 1.54) is 0 Å². The Morgan fingerprint density at radius 1 is 1.20 bits per heavy atom. The Hall–Kier alpha value is -1.94. The van der Waals surface area contributed by atoms with Gasteiger partial charge in [-0.2, -0.15) is 10.1 Å². The number of morpholine rings is 1. The average Bonchev–Trinajstić information content (AvgIpc) is 3.28. The van der Waals surface area contributed by atoms with E-state index in [2.05, 4.69) is 44.2 Å². The van der Waals surface area contributed by atoms with Gasteiger partial charge in [0.1, 0.15) is 17.9 Å². The number of hydrogen-bond donors (Lipinski definition) is 0. The van der Waals surface area contributed by atoms with Crippen molar-refractivity contribution >= 4 is 36.5 Å². The lowest BCUT2D eigenvalue weighted by molar-refractivity contribution is 0.0911. The number of anilines is 1. The predicted octanol–water partition coefficient (Wildman–Crippen LogP) is 3.63. The zero-order valence-electron chi connectivity index (χ0n) is 18.1. The number of halogens is 1. The van der Waals surface area contributed by atoms with Gasteiger partial charge in [0.05, 0.1) is 24.4 Å². The summed E-state index contributed by atoms with van der Waals surface area (Å²) < 4.78 is 15.6. The normalized spacial score (nSPS) is 15.3. The molecule has 3 aromatic heterocycles. The van der Waals surface area contributed by atoms with Crippen LogP contribution in [0.15, 0.2) is 18.3 Å². The van der Waals surface area contributed by atoms with Gasteiger partial charge >= 0.3 is 0 Å². The van der Waals surface area contributed by atoms with Crippen LogP contribution in [0.25, 0.3) is 22.4 Å². The van der Waals surface area contributed by atoms with Crippen LogP contribution in [0.5, 0.6) is 0 Å². The summed E-state index contributed by atoms with van der Waals surface area (Å²) in [5.74, 6) is 0.823. The van der Waals surface area contributed by atoms with Gasteiger partial charge in [0.15, 0.2) is 5.82 Å². The highest BCUT2D eigenvalue weighted by atomic mass is 35.5. The van der Waals surface area contributed by atoms with Gasteiger partial charge in [0, 0.05) is 41.0 Å². The summed E-state index contributed by atoms with van der Waals surface area (Å²) in [7, 11) is 0.747. The molecule has 1 aliphatic heterocycles. The Morgan fingerprint density at radius 3 is 2.63 bits per heavy atom. The molecule has 0 N–H and O–H groups in total. The molecule has 4 rings (SSSR count). The van der Waals surface area contributed by atoms with Gasteiger partial charge in [-0.3, -0.25) is 4.68 Å². The molecule has 1 aliphatic rings. The largest absolute Gasteiger partial charge is 0.378 e. The molecular formula is C20H29ClN6O2Si. The highest BCUT2D eigenvalue weighted by molar-refractivity contribution is 6.76. The standard InChI is InChI=1S/C20H29ClN6O2Si/c1-25-6-5-15(24-25)17-13-16-18(27(17)14-29-11-12-30(2,3)4)19(23-20(21)22-16)26-7-9-28-10-8-26/h5-6,13H,7-12,14H2,1-4H3. The number of nitrogens with zero attached hydrogens (tertiary/aromatic N) is 6. The predicted molar refractivity (Wildman–Crippen MR) is 122 cm³/mol. The lowest BCUT2D eigenvalue weighted by atomic mass is 10.3. The van der Waals surface area contributed by atoms with Gasteiger partial charge in [0.25, 0.3) is 0 Å². The first kappa shape index (κ1) is 21.3. The van der Waals surface area contributed by atoms with E-state index in [1.807, 2.05) is 25.4 Å². The number of aromatic nitrogens is 5. The highest BCUT2D eigenvalue weighted by Gasteiger charge is 2.23. The van der Waals surface area contributed by atoms with Crippen LogP contribution in [0.4, 0.5) is 5.82 Å². The summed E-state index contributed by atoms with van der Waals surface area (Å²) >= 11 is 6.30. The van der Waals surface area contributed by atoms with Crippen molar-refractivity contribution in [3.63, 3.8) is 0 Å². The van der Waals surface area contributed by atoms with Crippen molar-refractivity contribution in [3.8, 4) is 11.4 Å². The van der Waals surface area contributed by atoms with E-state index in [-0.39, 0.29) is 5.28 Å². The molecule has 0 spiro atoms. The Morgan fingerprint density at radius 2 is 1.97 bits per heavy atom. The van der Waals surface area contributed by atoms with Crippen LogP contribution < -0.4 is 4.90 Å². The van der Waals surface area contributed by atoms with Crippen LogP contribution in [0.3, 0.4) is 0 Å². The molecule has 1 saturated heterocycles. The van der Waals surface area contributed by atoms with Crippen molar-refractivity contribution in [1.29, 1.82) is 0 Å². The molecule has 8 nitrogen and oxygen atoms in total. The van der Waals surface area contributed by atoms with Crippen molar-refractivity contribution in [1.82, 2.24) is 24.3 Å². The molecule has 0 atom stereocenters. The summed E-state index contributed by atoms with van der Waals surface area (Å²) in [6.45, 7) is 11.1. The molecule has 0 aromatic carbocycles. The van der Waals surface area contributed by atoms with Gasteiger partial charge in [-0.1, -0.05) is 19.6 Å². The van der Waals surface area contributed by atoms with Crippen LogP contribution in [0, 0.1) is 0 Å². The second-order valence-electron chi connectivity index (χ2n) is 8.83. The Labute approximate surface area is 182 Å². The fraction of sp³-hybridized carbons (Fsp3) is 0.550. The maximum Gasteiger partial charge on any atom is 0.225 e. The smallest absolute Gasteiger partial charge is 0.225 e. The quantitative estimate of drug-likeness (QED) is 0.312. The fourth-order valence-electron chi connectivity index (χ4n) is 3.55. The zero-order chi connectivity index (χ0) is 21.3. The van der Waals surface area contributed by atoms with Crippen LogP contribution in [-0.2, 0) is 23.3 Å². The van der Waals surface area contributed by atoms with Gasteiger partial charge in [0.2, 0.25) is 5.28 Å². The highest BCUT2D eigenvalue weighted by Crippen LogP contribution is 2.33. The minimum Gasteiger partial charge on any atom is -0.378 e. The summed E-state index contributed by atoms with van der Waals surface area (Å²) in [5, 5.41) is 4.85. The van der Waals surface area contributed by atoms with E-state index in [9.17, 15) is 0 Å². The van der Waals surface area contributed by atoms with E-state index >= 15 is 0 Å². The second kappa shape index (κ2) is 8.66. The summed E-state index contributed by atoms with van der Waals surface area (Å²) in [6.07, 6.45) is 1.94. The molecule has 3 aromatic rings. The average molecular weight is 449 g/mol. The van der Waals surface area contributed by atoms with Crippen LogP contribution in [0.2, 0.25) is 31.0 Å². The first-order chi connectivity index (χ1) is 14.3. The summed E-state index contributed by atoms with van der Waals surface area (Å²) in [5.41, 5.74) is 3.54. The Balaban J connectivity index is 1.77. The van der Waals surface area contributed by atoms with Crippen molar-refractivity contribution in [3.05, 3.63) is 23.6 Å². The molecule has 0 aliphatic carbocycles. The number of rotatable bonds is 7. The molecule has 30 heavy (non-hydrogen) atoms. The van der Waals surface area contributed by atoms with Crippen molar-refractivity contribution in [2.24, 2.45) is 7.05 Å². The molecule has 0 amide bonds. The van der Waals surface area contributed by atoms with Gasteiger partial charge in [-0.05, 0) is 29.8 Å². The molecule has 0 radical (unpaired) electrons. The first-order valence-corrected chi connectivity index (χ1v) is 14.4. The molecule has 0 bridgehead atoms. The second-order valence-corrected chi connectivity index (χ2v) is 14.8. The minimum absolute atomic E-state index is 0.244. The maximum absolute atomic E-state index is 6.30. The lowest BCUT2D eigenvalue weighted by Crippen LogP contribution is -2.37. The third-order valence-corrected chi connectivity index (χ3v) is 7.08. The van der Waals surface area contributed by atoms with Crippen molar-refractivity contribution < 1.29 is 9.47 Å². The molecule has 10 heteroatoms. The van der Waals surface area contributed by atoms with Gasteiger partial charge in [-0.15, -0.1) is 0 Å². The summed E-state index contributed by atoms with van der Waals surface area (Å²) in [4.78, 5) is 11.3. The molecule has 0 unspecified atom stereocenters. The maximum atomic E-state index is 6.30. The molecule has 4 heterocycles. The lowest BCUT2D eigenvalue weighted by Gasteiger charge is -2.28. The number of fused-ring (bicyclic) bond motifs is 1. The Bertz CT molecular complexity index is 1020. The van der Waals surface area contributed by atoms with Crippen LogP contribution in [0.1, 0.15) is 0 Å². The van der Waals surface area contributed by atoms with E-state index in [0.29, 0.717) is 19.9 Å². The van der Waals surface area contributed by atoms with E-state index in [4.69, 9.17) is 21.1 Å². The van der Waals surface area contributed by atoms with Crippen molar-refractivity contribution in [2.75, 3.05) is 37.8 Å². The third-order valence-electron chi connectivity index (χ3n) is 5.20. The molecule has 0 saturated carbocycles. The molecule has 162 valence electrons. The Kier molecular flexibility index (Phi) is 6.15. The summed E-state index contributed by atoms with van der Waals surface area (Å²) in [6, 6.07) is 5.14.